The first-order chi connectivity index (χ1) is 11.4. The van der Waals surface area contributed by atoms with Crippen molar-refractivity contribution in [3.63, 3.8) is 0 Å². The van der Waals surface area contributed by atoms with Crippen molar-refractivity contribution in [1.82, 2.24) is 4.90 Å². The van der Waals surface area contributed by atoms with E-state index in [1.54, 1.807) is 18.2 Å². The summed E-state index contributed by atoms with van der Waals surface area (Å²) in [4.78, 5) is 12.3. The molecule has 2 aromatic rings. The molecule has 0 unspecified atom stereocenters. The lowest BCUT2D eigenvalue weighted by Crippen LogP contribution is -2.12. The first-order valence-electron chi connectivity index (χ1n) is 7.39. The third-order valence-electron chi connectivity index (χ3n) is 3.48. The molecular weight excluding hydrogens is 313 g/mol. The second kappa shape index (κ2) is 7.74. The number of halogens is 1. The van der Waals surface area contributed by atoms with E-state index in [1.807, 2.05) is 25.1 Å². The lowest BCUT2D eigenvalue weighted by molar-refractivity contribution is -0.385. The Bertz CT molecular complexity index is 735. The predicted octanol–water partition coefficient (Wildman–Crippen LogP) is 3.42. The Labute approximate surface area is 140 Å². The molecule has 0 aliphatic heterocycles. The Hall–Kier alpha value is -2.67. The molecule has 2 rings (SSSR count). The van der Waals surface area contributed by atoms with Crippen molar-refractivity contribution in [2.24, 2.45) is 0 Å². The van der Waals surface area contributed by atoms with Gasteiger partial charge in [0.05, 0.1) is 12.0 Å². The standard InChI is InChI=1S/C17H20FN3O3/c1-20(2)11-13-5-4-12(8-15(13)18)10-19-14-6-7-16(21(22)23)17(9-14)24-3/h4-9,19H,10-11H2,1-3H3. The zero-order chi connectivity index (χ0) is 17.7. The number of rotatable bonds is 7. The number of nitro groups is 1. The van der Waals surface area contributed by atoms with E-state index >= 15 is 0 Å². The molecule has 2 aromatic carbocycles. The van der Waals surface area contributed by atoms with Crippen LogP contribution in [0.15, 0.2) is 36.4 Å². The average molecular weight is 333 g/mol. The van der Waals surface area contributed by atoms with Gasteiger partial charge >= 0.3 is 5.69 Å². The zero-order valence-corrected chi connectivity index (χ0v) is 13.9. The SMILES string of the molecule is COc1cc(NCc2ccc(CN(C)C)c(F)c2)ccc1[N+](=O)[O-]. The van der Waals surface area contributed by atoms with Crippen molar-refractivity contribution in [3.8, 4) is 5.75 Å². The van der Waals surface area contributed by atoms with E-state index in [0.717, 1.165) is 5.56 Å². The van der Waals surface area contributed by atoms with Gasteiger partial charge in [0.15, 0.2) is 5.75 Å². The van der Waals surface area contributed by atoms with Crippen LogP contribution in [0.5, 0.6) is 5.75 Å². The van der Waals surface area contributed by atoms with Crippen LogP contribution in [-0.4, -0.2) is 31.0 Å². The Kier molecular flexibility index (Phi) is 5.70. The van der Waals surface area contributed by atoms with Crippen LogP contribution in [0.25, 0.3) is 0 Å². The molecule has 24 heavy (non-hydrogen) atoms. The fourth-order valence-electron chi connectivity index (χ4n) is 2.31. The molecule has 0 bridgehead atoms. The summed E-state index contributed by atoms with van der Waals surface area (Å²) in [5.41, 5.74) is 1.99. The molecule has 0 aliphatic carbocycles. The predicted molar refractivity (Wildman–Crippen MR) is 90.8 cm³/mol. The van der Waals surface area contributed by atoms with Gasteiger partial charge < -0.3 is 15.0 Å². The highest BCUT2D eigenvalue weighted by Gasteiger charge is 2.14. The molecule has 0 atom stereocenters. The van der Waals surface area contributed by atoms with Crippen LogP contribution in [-0.2, 0) is 13.1 Å². The smallest absolute Gasteiger partial charge is 0.311 e. The normalized spacial score (nSPS) is 10.7. The molecule has 0 aliphatic rings. The topological polar surface area (TPSA) is 67.6 Å². The zero-order valence-electron chi connectivity index (χ0n) is 13.9. The molecule has 0 saturated heterocycles. The molecule has 1 N–H and O–H groups in total. The Morgan fingerprint density at radius 3 is 2.58 bits per heavy atom. The number of nitrogens with one attached hydrogen (secondary N) is 1. The van der Waals surface area contributed by atoms with Gasteiger partial charge in [0, 0.05) is 36.5 Å². The highest BCUT2D eigenvalue weighted by molar-refractivity contribution is 5.58. The van der Waals surface area contributed by atoms with E-state index in [4.69, 9.17) is 4.74 Å². The van der Waals surface area contributed by atoms with Gasteiger partial charge in [-0.2, -0.15) is 0 Å². The van der Waals surface area contributed by atoms with Gasteiger partial charge in [-0.15, -0.1) is 0 Å². The molecule has 0 amide bonds. The van der Waals surface area contributed by atoms with Crippen molar-refractivity contribution in [2.45, 2.75) is 13.1 Å². The summed E-state index contributed by atoms with van der Waals surface area (Å²) in [5, 5.41) is 14.0. The minimum Gasteiger partial charge on any atom is -0.490 e. The number of hydrogen-bond acceptors (Lipinski definition) is 5. The van der Waals surface area contributed by atoms with Gasteiger partial charge in [-0.3, -0.25) is 10.1 Å². The maximum absolute atomic E-state index is 14.0. The fraction of sp³-hybridized carbons (Fsp3) is 0.294. The van der Waals surface area contributed by atoms with E-state index in [2.05, 4.69) is 5.32 Å². The average Bonchev–Trinajstić information content (AvgIpc) is 2.54. The first-order valence-corrected chi connectivity index (χ1v) is 7.39. The second-order valence-corrected chi connectivity index (χ2v) is 5.66. The number of nitro benzene ring substituents is 1. The van der Waals surface area contributed by atoms with E-state index in [1.165, 1.54) is 19.2 Å². The summed E-state index contributed by atoms with van der Waals surface area (Å²) < 4.78 is 19.1. The number of benzene rings is 2. The van der Waals surface area contributed by atoms with Crippen LogP contribution >= 0.6 is 0 Å². The molecule has 0 fully saturated rings. The van der Waals surface area contributed by atoms with Crippen LogP contribution in [0, 0.1) is 15.9 Å². The maximum Gasteiger partial charge on any atom is 0.311 e. The lowest BCUT2D eigenvalue weighted by atomic mass is 10.1. The number of nitrogens with zero attached hydrogens (tertiary/aromatic N) is 2. The minimum atomic E-state index is -0.499. The van der Waals surface area contributed by atoms with Gasteiger partial charge in [-0.05, 0) is 31.8 Å². The van der Waals surface area contributed by atoms with E-state index in [0.29, 0.717) is 24.3 Å². The maximum atomic E-state index is 14.0. The molecular formula is C17H20FN3O3. The van der Waals surface area contributed by atoms with Crippen LogP contribution in [0.4, 0.5) is 15.8 Å². The Balaban J connectivity index is 2.08. The summed E-state index contributed by atoms with van der Waals surface area (Å²) in [6.07, 6.45) is 0. The molecule has 0 heterocycles. The molecule has 0 saturated carbocycles. The highest BCUT2D eigenvalue weighted by atomic mass is 19.1. The van der Waals surface area contributed by atoms with Crippen molar-refractivity contribution in [1.29, 1.82) is 0 Å². The van der Waals surface area contributed by atoms with Gasteiger partial charge in [0.25, 0.3) is 0 Å². The third kappa shape index (κ3) is 4.42. The molecule has 6 nitrogen and oxygen atoms in total. The van der Waals surface area contributed by atoms with Crippen molar-refractivity contribution >= 4 is 11.4 Å². The van der Waals surface area contributed by atoms with Crippen molar-refractivity contribution in [2.75, 3.05) is 26.5 Å². The Morgan fingerprint density at radius 1 is 1.25 bits per heavy atom. The molecule has 128 valence electrons. The molecule has 7 heteroatoms. The monoisotopic (exact) mass is 333 g/mol. The lowest BCUT2D eigenvalue weighted by Gasteiger charge is -2.12. The molecule has 0 aromatic heterocycles. The number of hydrogen-bond donors (Lipinski definition) is 1. The Morgan fingerprint density at radius 2 is 2.00 bits per heavy atom. The summed E-state index contributed by atoms with van der Waals surface area (Å²) in [7, 11) is 5.15. The van der Waals surface area contributed by atoms with Gasteiger partial charge in [-0.25, -0.2) is 4.39 Å². The number of anilines is 1. The quantitative estimate of drug-likeness (QED) is 0.621. The summed E-state index contributed by atoms with van der Waals surface area (Å²) in [5.74, 6) is -0.0678. The van der Waals surface area contributed by atoms with Crippen LogP contribution in [0.3, 0.4) is 0 Å². The van der Waals surface area contributed by atoms with Gasteiger partial charge in [0.2, 0.25) is 0 Å². The van der Waals surface area contributed by atoms with Crippen LogP contribution < -0.4 is 10.1 Å². The van der Waals surface area contributed by atoms with Crippen LogP contribution in [0.1, 0.15) is 11.1 Å². The van der Waals surface area contributed by atoms with Crippen molar-refractivity contribution in [3.05, 3.63) is 63.5 Å². The van der Waals surface area contributed by atoms with Gasteiger partial charge in [-0.1, -0.05) is 12.1 Å². The largest absolute Gasteiger partial charge is 0.490 e. The van der Waals surface area contributed by atoms with Crippen molar-refractivity contribution < 1.29 is 14.1 Å². The summed E-state index contributed by atoms with van der Waals surface area (Å²) in [6.45, 7) is 0.944. The summed E-state index contributed by atoms with van der Waals surface area (Å²) in [6, 6.07) is 9.64. The minimum absolute atomic E-state index is 0.0952. The molecule has 0 spiro atoms. The second-order valence-electron chi connectivity index (χ2n) is 5.66. The van der Waals surface area contributed by atoms with Gasteiger partial charge in [0.1, 0.15) is 5.82 Å². The van der Waals surface area contributed by atoms with Crippen LogP contribution in [0.2, 0.25) is 0 Å². The van der Waals surface area contributed by atoms with E-state index in [-0.39, 0.29) is 17.3 Å². The number of methoxy groups -OCH3 is 1. The molecule has 0 radical (unpaired) electrons. The third-order valence-corrected chi connectivity index (χ3v) is 3.48. The number of ether oxygens (including phenoxy) is 1. The van der Waals surface area contributed by atoms with E-state index < -0.39 is 4.92 Å². The highest BCUT2D eigenvalue weighted by Crippen LogP contribution is 2.29. The fourth-order valence-corrected chi connectivity index (χ4v) is 2.31. The van der Waals surface area contributed by atoms with E-state index in [9.17, 15) is 14.5 Å². The first kappa shape index (κ1) is 17.7. The summed E-state index contributed by atoms with van der Waals surface area (Å²) >= 11 is 0.